The van der Waals surface area contributed by atoms with Crippen LogP contribution in [0.1, 0.15) is 42.2 Å². The monoisotopic (exact) mass is 309 g/mol. The Morgan fingerprint density at radius 3 is 2.13 bits per heavy atom. The highest BCUT2D eigenvalue weighted by molar-refractivity contribution is 5.91. The van der Waals surface area contributed by atoms with Gasteiger partial charge >= 0.3 is 0 Å². The summed E-state index contributed by atoms with van der Waals surface area (Å²) in [7, 11) is 0. The van der Waals surface area contributed by atoms with Gasteiger partial charge in [0, 0.05) is 21.9 Å². The van der Waals surface area contributed by atoms with E-state index in [1.54, 1.807) is 18.2 Å². The smallest absolute Gasteiger partial charge is 0.202 e. The van der Waals surface area contributed by atoms with Gasteiger partial charge < -0.3 is 10.2 Å². The molecule has 2 aromatic carbocycles. The zero-order valence-corrected chi connectivity index (χ0v) is 12.5. The average molecular weight is 309 g/mol. The van der Waals surface area contributed by atoms with E-state index >= 15 is 0 Å². The van der Waals surface area contributed by atoms with Crippen LogP contribution in [0, 0.1) is 5.82 Å². The fraction of sp³-hybridized carbons (Fsp3) is 0.263. The maximum Gasteiger partial charge on any atom is 0.202 e. The topological polar surface area (TPSA) is 45.4 Å². The van der Waals surface area contributed by atoms with E-state index in [0.29, 0.717) is 28.3 Å². The molecule has 1 aromatic heterocycles. The first-order chi connectivity index (χ1) is 11.2. The highest BCUT2D eigenvalue weighted by atomic mass is 19.1. The molecule has 2 aliphatic carbocycles. The Bertz CT molecular complexity index is 926. The van der Waals surface area contributed by atoms with Crippen LogP contribution < -0.4 is 0 Å². The lowest BCUT2D eigenvalue weighted by Gasteiger charge is -2.13. The van der Waals surface area contributed by atoms with E-state index in [2.05, 4.69) is 0 Å². The molecule has 3 aromatic rings. The van der Waals surface area contributed by atoms with Gasteiger partial charge in [-0.15, -0.1) is 0 Å². The van der Waals surface area contributed by atoms with Crippen molar-refractivity contribution in [1.29, 1.82) is 0 Å². The van der Waals surface area contributed by atoms with Crippen molar-refractivity contribution >= 4 is 10.8 Å². The minimum Gasteiger partial charge on any atom is -0.494 e. The number of rotatable bonds is 1. The molecule has 2 aliphatic rings. The molecule has 2 bridgehead atoms. The number of nitrogens with zero attached hydrogens (tertiary/aromatic N) is 1. The van der Waals surface area contributed by atoms with Crippen LogP contribution in [0.3, 0.4) is 0 Å². The summed E-state index contributed by atoms with van der Waals surface area (Å²) in [6.45, 7) is 0. The summed E-state index contributed by atoms with van der Waals surface area (Å²) in [5.41, 5.74) is 2.41. The Morgan fingerprint density at radius 2 is 1.48 bits per heavy atom. The zero-order valence-electron chi connectivity index (χ0n) is 12.5. The Balaban J connectivity index is 1.84. The first-order valence-electron chi connectivity index (χ1n) is 8.01. The number of aromatic hydroxyl groups is 2. The molecule has 0 radical (unpaired) electrons. The van der Waals surface area contributed by atoms with E-state index in [4.69, 9.17) is 0 Å². The van der Waals surface area contributed by atoms with Crippen LogP contribution in [0.5, 0.6) is 11.8 Å². The first kappa shape index (κ1) is 13.0. The summed E-state index contributed by atoms with van der Waals surface area (Å²) in [5, 5.41) is 22.7. The van der Waals surface area contributed by atoms with Gasteiger partial charge in [0.05, 0.1) is 5.69 Å². The Labute approximate surface area is 132 Å². The van der Waals surface area contributed by atoms with Crippen molar-refractivity contribution in [3.05, 3.63) is 53.3 Å². The van der Waals surface area contributed by atoms with Crippen molar-refractivity contribution < 1.29 is 14.6 Å². The van der Waals surface area contributed by atoms with Gasteiger partial charge in [0.2, 0.25) is 11.8 Å². The van der Waals surface area contributed by atoms with Crippen molar-refractivity contribution in [1.82, 2.24) is 4.57 Å². The lowest BCUT2D eigenvalue weighted by Crippen LogP contribution is -1.97. The Kier molecular flexibility index (Phi) is 2.42. The van der Waals surface area contributed by atoms with E-state index in [-0.39, 0.29) is 17.6 Å². The van der Waals surface area contributed by atoms with Gasteiger partial charge in [0.25, 0.3) is 0 Å². The third-order valence-corrected chi connectivity index (χ3v) is 5.53. The molecule has 0 saturated heterocycles. The molecule has 0 amide bonds. The molecule has 116 valence electrons. The van der Waals surface area contributed by atoms with Crippen molar-refractivity contribution in [2.45, 2.75) is 31.1 Å². The van der Waals surface area contributed by atoms with Gasteiger partial charge in [-0.25, -0.2) is 4.39 Å². The average Bonchev–Trinajstić information content (AvgIpc) is 3.24. The molecular formula is C19H16FNO2. The minimum atomic E-state index is -0.303. The molecule has 5 rings (SSSR count). The summed E-state index contributed by atoms with van der Waals surface area (Å²) in [4.78, 5) is 0. The largest absolute Gasteiger partial charge is 0.494 e. The quantitative estimate of drug-likeness (QED) is 0.693. The summed E-state index contributed by atoms with van der Waals surface area (Å²) < 4.78 is 15.5. The highest BCUT2D eigenvalue weighted by Gasteiger charge is 2.44. The highest BCUT2D eigenvalue weighted by Crippen LogP contribution is 2.60. The van der Waals surface area contributed by atoms with Crippen LogP contribution in [0.2, 0.25) is 0 Å². The Morgan fingerprint density at radius 1 is 0.870 bits per heavy atom. The van der Waals surface area contributed by atoms with Crippen molar-refractivity contribution in [3.63, 3.8) is 0 Å². The lowest BCUT2D eigenvalue weighted by atomic mass is 9.95. The second-order valence-electron chi connectivity index (χ2n) is 6.63. The summed E-state index contributed by atoms with van der Waals surface area (Å²) in [6.07, 6.45) is 3.16. The fourth-order valence-electron chi connectivity index (χ4n) is 4.56. The predicted octanol–water partition coefficient (Wildman–Crippen LogP) is 4.55. The van der Waals surface area contributed by atoms with Gasteiger partial charge in [-0.05, 0) is 43.2 Å². The normalized spacial score (nSPS) is 22.0. The van der Waals surface area contributed by atoms with Crippen LogP contribution in [-0.2, 0) is 0 Å². The molecule has 1 saturated carbocycles. The first-order valence-corrected chi connectivity index (χ1v) is 8.01. The van der Waals surface area contributed by atoms with Gasteiger partial charge in [-0.3, -0.25) is 4.57 Å². The molecule has 0 spiro atoms. The maximum absolute atomic E-state index is 14.0. The molecule has 4 heteroatoms. The van der Waals surface area contributed by atoms with Gasteiger partial charge in [0.1, 0.15) is 5.82 Å². The molecule has 1 heterocycles. The van der Waals surface area contributed by atoms with Crippen LogP contribution in [0.4, 0.5) is 4.39 Å². The number of aromatic nitrogens is 1. The second kappa shape index (κ2) is 4.28. The minimum absolute atomic E-state index is 0.112. The standard InChI is InChI=1S/C19H16FNO2/c20-14-7-8-15(13-4-2-1-3-12(13)14)21-18(22)16-10-5-6-11(9-10)17(16)19(21)23/h1-4,7-8,10-11,22-23H,5-6,9H2/t10-,11+. The predicted molar refractivity (Wildman–Crippen MR) is 85.9 cm³/mol. The zero-order chi connectivity index (χ0) is 15.7. The van der Waals surface area contributed by atoms with Crippen molar-refractivity contribution in [2.75, 3.05) is 0 Å². The number of benzene rings is 2. The molecule has 0 unspecified atom stereocenters. The number of halogens is 1. The third-order valence-electron chi connectivity index (χ3n) is 5.53. The van der Waals surface area contributed by atoms with E-state index in [9.17, 15) is 14.6 Å². The van der Waals surface area contributed by atoms with E-state index in [1.807, 2.05) is 12.1 Å². The van der Waals surface area contributed by atoms with E-state index in [1.165, 1.54) is 10.6 Å². The SMILES string of the molecule is Oc1c2c(c(O)n1-c1ccc(F)c3ccccc13)[C@H]1CC[C@@H]2C1. The second-order valence-corrected chi connectivity index (χ2v) is 6.63. The van der Waals surface area contributed by atoms with Crippen molar-refractivity contribution in [2.24, 2.45) is 0 Å². The summed E-state index contributed by atoms with van der Waals surface area (Å²) in [5.74, 6) is 0.605. The fourth-order valence-corrected chi connectivity index (χ4v) is 4.56. The maximum atomic E-state index is 14.0. The van der Waals surface area contributed by atoms with Crippen LogP contribution in [0.25, 0.3) is 16.5 Å². The van der Waals surface area contributed by atoms with E-state index in [0.717, 1.165) is 30.4 Å². The number of hydrogen-bond acceptors (Lipinski definition) is 2. The molecule has 23 heavy (non-hydrogen) atoms. The van der Waals surface area contributed by atoms with E-state index < -0.39 is 0 Å². The summed E-state index contributed by atoms with van der Waals surface area (Å²) >= 11 is 0. The number of hydrogen-bond donors (Lipinski definition) is 2. The summed E-state index contributed by atoms with van der Waals surface area (Å²) in [6, 6.07) is 10.1. The lowest BCUT2D eigenvalue weighted by molar-refractivity contribution is 0.395. The third kappa shape index (κ3) is 1.53. The van der Waals surface area contributed by atoms with Crippen LogP contribution >= 0.6 is 0 Å². The number of fused-ring (bicyclic) bond motifs is 6. The Hall–Kier alpha value is -2.49. The van der Waals surface area contributed by atoms with Crippen LogP contribution in [0.15, 0.2) is 36.4 Å². The molecule has 3 nitrogen and oxygen atoms in total. The molecule has 2 N–H and O–H groups in total. The van der Waals surface area contributed by atoms with Gasteiger partial charge in [0.15, 0.2) is 0 Å². The molecule has 1 fully saturated rings. The van der Waals surface area contributed by atoms with Gasteiger partial charge in [-0.2, -0.15) is 0 Å². The molecule has 0 aliphatic heterocycles. The van der Waals surface area contributed by atoms with Crippen LogP contribution in [-0.4, -0.2) is 14.8 Å². The molecule has 2 atom stereocenters. The van der Waals surface area contributed by atoms with Crippen molar-refractivity contribution in [3.8, 4) is 17.4 Å². The van der Waals surface area contributed by atoms with Gasteiger partial charge in [-0.1, -0.05) is 24.3 Å². The molecular weight excluding hydrogens is 293 g/mol.